The molecule has 32 heavy (non-hydrogen) atoms. The van der Waals surface area contributed by atoms with Gasteiger partial charge in [-0.2, -0.15) is 0 Å². The van der Waals surface area contributed by atoms with Gasteiger partial charge in [-0.05, 0) is 42.5 Å². The van der Waals surface area contributed by atoms with Crippen LogP contribution >= 0.6 is 0 Å². The molecule has 1 aliphatic heterocycles. The molecule has 0 unspecified atom stereocenters. The van der Waals surface area contributed by atoms with E-state index in [0.717, 1.165) is 46.3 Å². The van der Waals surface area contributed by atoms with Gasteiger partial charge in [-0.25, -0.2) is 4.98 Å². The minimum Gasteiger partial charge on any atom is -0.481 e. The van der Waals surface area contributed by atoms with Crippen molar-refractivity contribution in [1.82, 2.24) is 4.98 Å². The molecule has 0 saturated carbocycles. The average molecular weight is 426 g/mol. The molecule has 2 heterocycles. The molecule has 1 fully saturated rings. The van der Waals surface area contributed by atoms with Crippen LogP contribution in [0, 0.1) is 0 Å². The Morgan fingerprint density at radius 2 is 1.59 bits per heavy atom. The lowest BCUT2D eigenvalue weighted by molar-refractivity contribution is -0.118. The Bertz CT molecular complexity index is 1240. The van der Waals surface area contributed by atoms with Crippen molar-refractivity contribution >= 4 is 39.1 Å². The normalized spacial score (nSPS) is 14.3. The molecule has 4 aromatic rings. The van der Waals surface area contributed by atoms with Gasteiger partial charge in [-0.3, -0.25) is 4.79 Å². The second-order valence-electron chi connectivity index (χ2n) is 8.26. The van der Waals surface area contributed by atoms with Crippen molar-refractivity contribution in [3.63, 3.8) is 0 Å². The van der Waals surface area contributed by atoms with Gasteiger partial charge in [0.05, 0.1) is 0 Å². The number of carbonyl (C=O) groups excluding carboxylic acids is 1. The van der Waals surface area contributed by atoms with E-state index in [1.54, 1.807) is 0 Å². The zero-order valence-corrected chi connectivity index (χ0v) is 18.1. The van der Waals surface area contributed by atoms with Crippen molar-refractivity contribution in [2.75, 3.05) is 29.9 Å². The summed E-state index contributed by atoms with van der Waals surface area (Å²) in [6, 6.07) is 23.9. The molecule has 0 spiro atoms. The van der Waals surface area contributed by atoms with Crippen LogP contribution in [-0.2, 0) is 4.79 Å². The molecule has 0 atom stereocenters. The topological polar surface area (TPSA) is 54.5 Å². The molecule has 1 aliphatic rings. The van der Waals surface area contributed by atoms with E-state index < -0.39 is 0 Å². The zero-order chi connectivity index (χ0) is 21.8. The van der Waals surface area contributed by atoms with Crippen LogP contribution in [0.15, 0.2) is 72.8 Å². The Balaban J connectivity index is 1.33. The van der Waals surface area contributed by atoms with Crippen LogP contribution in [0.5, 0.6) is 5.75 Å². The lowest BCUT2D eigenvalue weighted by atomic mass is 10.1. The molecule has 5 heteroatoms. The first-order valence-electron chi connectivity index (χ1n) is 11.3. The molecule has 3 aromatic carbocycles. The lowest BCUT2D eigenvalue weighted by Crippen LogP contribution is -2.24. The van der Waals surface area contributed by atoms with E-state index >= 15 is 0 Å². The first-order valence-corrected chi connectivity index (χ1v) is 11.3. The second kappa shape index (κ2) is 9.27. The number of benzene rings is 3. The highest BCUT2D eigenvalue weighted by atomic mass is 16.5. The number of aromatic nitrogens is 1. The van der Waals surface area contributed by atoms with Gasteiger partial charge in [0.1, 0.15) is 17.1 Å². The van der Waals surface area contributed by atoms with Crippen LogP contribution < -0.4 is 15.0 Å². The molecule has 0 bridgehead atoms. The van der Waals surface area contributed by atoms with Gasteiger partial charge in [0.15, 0.2) is 6.61 Å². The van der Waals surface area contributed by atoms with Crippen LogP contribution in [0.3, 0.4) is 0 Å². The average Bonchev–Trinajstić information content (AvgIpc) is 3.12. The predicted molar refractivity (Wildman–Crippen MR) is 130 cm³/mol. The van der Waals surface area contributed by atoms with E-state index in [1.807, 2.05) is 60.7 Å². The summed E-state index contributed by atoms with van der Waals surface area (Å²) in [5, 5.41) is 6.09. The second-order valence-corrected chi connectivity index (χ2v) is 8.26. The summed E-state index contributed by atoms with van der Waals surface area (Å²) in [6.45, 7) is 2.00. The Hall–Kier alpha value is -3.60. The van der Waals surface area contributed by atoms with Gasteiger partial charge in [0.25, 0.3) is 5.91 Å². The van der Waals surface area contributed by atoms with E-state index in [0.29, 0.717) is 5.75 Å². The third-order valence-electron chi connectivity index (χ3n) is 6.02. The zero-order valence-electron chi connectivity index (χ0n) is 18.1. The van der Waals surface area contributed by atoms with Crippen molar-refractivity contribution in [1.29, 1.82) is 0 Å². The molecule has 162 valence electrons. The monoisotopic (exact) mass is 425 g/mol. The smallest absolute Gasteiger partial charge is 0.262 e. The van der Waals surface area contributed by atoms with Crippen molar-refractivity contribution < 1.29 is 9.53 Å². The molecular weight excluding hydrogens is 398 g/mol. The van der Waals surface area contributed by atoms with Gasteiger partial charge in [-0.15, -0.1) is 0 Å². The summed E-state index contributed by atoms with van der Waals surface area (Å²) in [6.07, 6.45) is 4.97. The van der Waals surface area contributed by atoms with Crippen molar-refractivity contribution in [3.05, 3.63) is 72.8 Å². The molecule has 0 aliphatic carbocycles. The number of fused-ring (bicyclic) bond motifs is 2. The van der Waals surface area contributed by atoms with E-state index in [2.05, 4.69) is 22.3 Å². The summed E-state index contributed by atoms with van der Waals surface area (Å²) in [7, 11) is 0. The largest absolute Gasteiger partial charge is 0.481 e. The number of rotatable bonds is 5. The Morgan fingerprint density at radius 1 is 0.844 bits per heavy atom. The standard InChI is InChI=1S/C27H27N3O2/c31-26(28-23-13-7-10-20-9-3-4-12-22(20)23)19-32-24-14-8-11-21-15-16-25(29-27(21)24)30-17-5-1-2-6-18-30/h3-4,7-16H,1-2,5-6,17-19H2,(H,28,31). The summed E-state index contributed by atoms with van der Waals surface area (Å²) >= 11 is 0. The maximum absolute atomic E-state index is 12.7. The maximum Gasteiger partial charge on any atom is 0.262 e. The van der Waals surface area contributed by atoms with Crippen molar-refractivity contribution in [3.8, 4) is 5.75 Å². The first-order chi connectivity index (χ1) is 15.8. The van der Waals surface area contributed by atoms with Gasteiger partial charge in [-0.1, -0.05) is 61.4 Å². The Labute approximate surface area is 188 Å². The van der Waals surface area contributed by atoms with Crippen molar-refractivity contribution in [2.24, 2.45) is 0 Å². The number of carbonyl (C=O) groups is 1. The number of ether oxygens (including phenoxy) is 1. The van der Waals surface area contributed by atoms with Crippen LogP contribution in [0.4, 0.5) is 11.5 Å². The summed E-state index contributed by atoms with van der Waals surface area (Å²) < 4.78 is 5.94. The fourth-order valence-corrected chi connectivity index (χ4v) is 4.37. The minimum atomic E-state index is -0.193. The van der Waals surface area contributed by atoms with Gasteiger partial charge >= 0.3 is 0 Å². The quantitative estimate of drug-likeness (QED) is 0.440. The molecule has 1 amide bonds. The molecule has 5 nitrogen and oxygen atoms in total. The van der Waals surface area contributed by atoms with Gasteiger partial charge in [0, 0.05) is 29.5 Å². The number of hydrogen-bond acceptors (Lipinski definition) is 4. The maximum atomic E-state index is 12.7. The van der Waals surface area contributed by atoms with Gasteiger partial charge < -0.3 is 15.0 Å². The van der Waals surface area contributed by atoms with Crippen molar-refractivity contribution in [2.45, 2.75) is 25.7 Å². The first kappa shape index (κ1) is 20.3. The SMILES string of the molecule is O=C(COc1cccc2ccc(N3CCCCCC3)nc12)Nc1cccc2ccccc12. The number of hydrogen-bond donors (Lipinski definition) is 1. The molecule has 1 N–H and O–H groups in total. The number of para-hydroxylation sites is 1. The lowest BCUT2D eigenvalue weighted by Gasteiger charge is -2.22. The molecular formula is C27H27N3O2. The molecule has 1 aromatic heterocycles. The predicted octanol–water partition coefficient (Wildman–Crippen LogP) is 5.79. The van der Waals surface area contributed by atoms with Crippen LogP contribution in [-0.4, -0.2) is 30.6 Å². The highest BCUT2D eigenvalue weighted by molar-refractivity contribution is 6.02. The summed E-state index contributed by atoms with van der Waals surface area (Å²) in [5.74, 6) is 1.42. The molecule has 1 saturated heterocycles. The number of pyridine rings is 1. The van der Waals surface area contributed by atoms with E-state index in [9.17, 15) is 4.79 Å². The number of amides is 1. The van der Waals surface area contributed by atoms with E-state index in [1.165, 1.54) is 25.7 Å². The van der Waals surface area contributed by atoms with Crippen LogP contribution in [0.2, 0.25) is 0 Å². The highest BCUT2D eigenvalue weighted by Gasteiger charge is 2.14. The Kier molecular flexibility index (Phi) is 5.88. The van der Waals surface area contributed by atoms with Crippen LogP contribution in [0.1, 0.15) is 25.7 Å². The molecule has 0 radical (unpaired) electrons. The number of nitrogens with one attached hydrogen (secondary N) is 1. The number of nitrogens with zero attached hydrogens (tertiary/aromatic N) is 2. The third kappa shape index (κ3) is 4.37. The highest BCUT2D eigenvalue weighted by Crippen LogP contribution is 2.28. The summed E-state index contributed by atoms with van der Waals surface area (Å²) in [5.41, 5.74) is 1.59. The number of anilines is 2. The van der Waals surface area contributed by atoms with E-state index in [-0.39, 0.29) is 12.5 Å². The third-order valence-corrected chi connectivity index (χ3v) is 6.02. The fraction of sp³-hybridized carbons (Fsp3) is 0.259. The summed E-state index contributed by atoms with van der Waals surface area (Å²) in [4.78, 5) is 19.9. The van der Waals surface area contributed by atoms with Gasteiger partial charge in [0.2, 0.25) is 0 Å². The fourth-order valence-electron chi connectivity index (χ4n) is 4.37. The Morgan fingerprint density at radius 3 is 2.47 bits per heavy atom. The van der Waals surface area contributed by atoms with Crippen LogP contribution in [0.25, 0.3) is 21.7 Å². The van der Waals surface area contributed by atoms with E-state index in [4.69, 9.17) is 9.72 Å². The molecule has 5 rings (SSSR count). The minimum absolute atomic E-state index is 0.0715.